The SMILES string of the molecule is CCCCCCCCCCCCCCCCC(O)=C(O)c1cc2ccccc2[nH]c1=O. The van der Waals surface area contributed by atoms with Crippen LogP contribution in [0.4, 0.5) is 0 Å². The number of aliphatic hydroxyl groups excluding tert-OH is 2. The molecule has 0 atom stereocenters. The summed E-state index contributed by atoms with van der Waals surface area (Å²) in [5.41, 5.74) is 0.459. The molecule has 0 aliphatic heterocycles. The van der Waals surface area contributed by atoms with Gasteiger partial charge in [-0.15, -0.1) is 0 Å². The Kier molecular flexibility index (Phi) is 11.9. The molecule has 31 heavy (non-hydrogen) atoms. The molecule has 0 unspecified atom stereocenters. The van der Waals surface area contributed by atoms with Gasteiger partial charge < -0.3 is 15.2 Å². The van der Waals surface area contributed by atoms with E-state index in [0.29, 0.717) is 6.42 Å². The summed E-state index contributed by atoms with van der Waals surface area (Å²) < 4.78 is 0. The highest BCUT2D eigenvalue weighted by molar-refractivity contribution is 5.81. The molecule has 2 rings (SSSR count). The predicted octanol–water partition coefficient (Wildman–Crippen LogP) is 8.18. The summed E-state index contributed by atoms with van der Waals surface area (Å²) in [4.78, 5) is 15.0. The van der Waals surface area contributed by atoms with Gasteiger partial charge in [0.1, 0.15) is 5.76 Å². The smallest absolute Gasteiger partial charge is 0.259 e. The zero-order valence-electron chi connectivity index (χ0n) is 19.3. The van der Waals surface area contributed by atoms with Gasteiger partial charge in [-0.25, -0.2) is 0 Å². The lowest BCUT2D eigenvalue weighted by Gasteiger charge is -2.07. The second kappa shape index (κ2) is 14.7. The molecule has 3 N–H and O–H groups in total. The highest BCUT2D eigenvalue weighted by Crippen LogP contribution is 2.20. The average molecular weight is 428 g/mol. The molecule has 0 fully saturated rings. The Morgan fingerprint density at radius 2 is 1.29 bits per heavy atom. The Bertz CT molecular complexity index is 853. The van der Waals surface area contributed by atoms with Crippen LogP contribution < -0.4 is 5.56 Å². The van der Waals surface area contributed by atoms with Gasteiger partial charge in [0.2, 0.25) is 0 Å². The molecular weight excluding hydrogens is 386 g/mol. The maximum atomic E-state index is 12.2. The minimum atomic E-state index is -0.385. The van der Waals surface area contributed by atoms with Crippen LogP contribution in [0, 0.1) is 0 Å². The van der Waals surface area contributed by atoms with Crippen LogP contribution in [-0.4, -0.2) is 15.2 Å². The fourth-order valence-corrected chi connectivity index (χ4v) is 4.08. The van der Waals surface area contributed by atoms with Crippen molar-refractivity contribution >= 4 is 16.7 Å². The van der Waals surface area contributed by atoms with Gasteiger partial charge in [-0.05, 0) is 23.9 Å². The van der Waals surface area contributed by atoms with E-state index in [2.05, 4.69) is 11.9 Å². The standard InChI is InChI=1S/C27H41NO3/c1-2-3-4-5-6-7-8-9-10-11-12-13-14-15-20-25(29)26(30)23-21-22-18-16-17-19-24(22)28-27(23)31/h16-19,21,29-30H,2-15,20H2,1H3,(H,28,31). The highest BCUT2D eigenvalue weighted by Gasteiger charge is 2.12. The number of fused-ring (bicyclic) bond motifs is 1. The fraction of sp³-hybridized carbons (Fsp3) is 0.593. The Morgan fingerprint density at radius 1 is 0.774 bits per heavy atom. The van der Waals surface area contributed by atoms with Gasteiger partial charge in [-0.2, -0.15) is 0 Å². The molecule has 0 spiro atoms. The van der Waals surface area contributed by atoms with E-state index < -0.39 is 0 Å². The molecule has 0 aliphatic carbocycles. The van der Waals surface area contributed by atoms with E-state index in [1.165, 1.54) is 70.6 Å². The molecule has 1 aromatic heterocycles. The molecule has 0 saturated heterocycles. The lowest BCUT2D eigenvalue weighted by atomic mass is 10.0. The normalized spacial score (nSPS) is 12.3. The van der Waals surface area contributed by atoms with E-state index in [0.717, 1.165) is 30.2 Å². The number of H-pyrrole nitrogens is 1. The van der Waals surface area contributed by atoms with Crippen molar-refractivity contribution in [3.63, 3.8) is 0 Å². The van der Waals surface area contributed by atoms with Gasteiger partial charge in [0.15, 0.2) is 5.76 Å². The van der Waals surface area contributed by atoms with Crippen LogP contribution in [-0.2, 0) is 0 Å². The average Bonchev–Trinajstić information content (AvgIpc) is 2.78. The molecule has 0 radical (unpaired) electrons. The first-order chi connectivity index (χ1) is 15.1. The van der Waals surface area contributed by atoms with E-state index in [9.17, 15) is 15.0 Å². The quantitative estimate of drug-likeness (QED) is 0.187. The Balaban J connectivity index is 1.58. The number of pyridine rings is 1. The summed E-state index contributed by atoms with van der Waals surface area (Å²) in [7, 11) is 0. The van der Waals surface area contributed by atoms with Crippen LogP contribution in [0.2, 0.25) is 0 Å². The number of hydrogen-bond donors (Lipinski definition) is 3. The van der Waals surface area contributed by atoms with Crippen molar-refractivity contribution in [1.29, 1.82) is 0 Å². The van der Waals surface area contributed by atoms with Crippen molar-refractivity contribution in [2.45, 2.75) is 103 Å². The summed E-state index contributed by atoms with van der Waals surface area (Å²) in [6.45, 7) is 2.26. The van der Waals surface area contributed by atoms with E-state index in [1.54, 1.807) is 6.07 Å². The molecule has 172 valence electrons. The number of unbranched alkanes of at least 4 members (excludes halogenated alkanes) is 13. The van der Waals surface area contributed by atoms with E-state index in [1.807, 2.05) is 24.3 Å². The first-order valence-corrected chi connectivity index (χ1v) is 12.4. The lowest BCUT2D eigenvalue weighted by molar-refractivity contribution is 0.354. The number of aliphatic hydroxyl groups is 2. The van der Waals surface area contributed by atoms with Gasteiger partial charge in [0.05, 0.1) is 5.56 Å². The van der Waals surface area contributed by atoms with Crippen LogP contribution in [0.15, 0.2) is 40.9 Å². The predicted molar refractivity (Wildman–Crippen MR) is 132 cm³/mol. The third kappa shape index (κ3) is 9.20. The Hall–Kier alpha value is -2.23. The summed E-state index contributed by atoms with van der Waals surface area (Å²) in [6, 6.07) is 9.04. The first kappa shape index (κ1) is 25.0. The second-order valence-corrected chi connectivity index (χ2v) is 8.74. The third-order valence-corrected chi connectivity index (χ3v) is 6.05. The highest BCUT2D eigenvalue weighted by atomic mass is 16.3. The van der Waals surface area contributed by atoms with Crippen molar-refractivity contribution in [3.05, 3.63) is 52.0 Å². The van der Waals surface area contributed by atoms with Crippen LogP contribution in [0.1, 0.15) is 109 Å². The van der Waals surface area contributed by atoms with E-state index in [4.69, 9.17) is 0 Å². The first-order valence-electron chi connectivity index (χ1n) is 12.4. The summed E-state index contributed by atoms with van der Waals surface area (Å²) in [5.74, 6) is -0.401. The van der Waals surface area contributed by atoms with Gasteiger partial charge in [0, 0.05) is 11.9 Å². The number of benzene rings is 1. The van der Waals surface area contributed by atoms with Crippen LogP contribution in [0.3, 0.4) is 0 Å². The number of allylic oxidation sites excluding steroid dienone is 1. The maximum absolute atomic E-state index is 12.2. The number of para-hydroxylation sites is 1. The molecule has 0 aliphatic rings. The topological polar surface area (TPSA) is 73.3 Å². The van der Waals surface area contributed by atoms with Crippen molar-refractivity contribution < 1.29 is 10.2 Å². The number of nitrogens with one attached hydrogen (secondary N) is 1. The van der Waals surface area contributed by atoms with Gasteiger partial charge >= 0.3 is 0 Å². The minimum Gasteiger partial charge on any atom is -0.508 e. The zero-order valence-corrected chi connectivity index (χ0v) is 19.3. The number of hydrogen-bond acceptors (Lipinski definition) is 3. The van der Waals surface area contributed by atoms with Crippen molar-refractivity contribution in [3.8, 4) is 0 Å². The maximum Gasteiger partial charge on any atom is 0.259 e. The third-order valence-electron chi connectivity index (χ3n) is 6.05. The number of aromatic nitrogens is 1. The van der Waals surface area contributed by atoms with Crippen LogP contribution in [0.25, 0.3) is 16.7 Å². The molecule has 0 amide bonds. The van der Waals surface area contributed by atoms with Crippen LogP contribution in [0.5, 0.6) is 0 Å². The summed E-state index contributed by atoms with van der Waals surface area (Å²) in [6.07, 6.45) is 18.3. The molecule has 1 heterocycles. The van der Waals surface area contributed by atoms with E-state index >= 15 is 0 Å². The van der Waals surface area contributed by atoms with Crippen LogP contribution >= 0.6 is 0 Å². The van der Waals surface area contributed by atoms with Gasteiger partial charge in [-0.1, -0.05) is 109 Å². The molecule has 4 nitrogen and oxygen atoms in total. The largest absolute Gasteiger partial charge is 0.508 e. The monoisotopic (exact) mass is 427 g/mol. The molecule has 0 saturated carbocycles. The molecule has 0 bridgehead atoms. The number of aromatic amines is 1. The Labute approximate surface area is 187 Å². The number of rotatable bonds is 16. The zero-order chi connectivity index (χ0) is 22.3. The van der Waals surface area contributed by atoms with E-state index in [-0.39, 0.29) is 22.6 Å². The Morgan fingerprint density at radius 3 is 1.87 bits per heavy atom. The van der Waals surface area contributed by atoms with Crippen molar-refractivity contribution in [2.24, 2.45) is 0 Å². The van der Waals surface area contributed by atoms with Gasteiger partial charge in [0.25, 0.3) is 5.56 Å². The lowest BCUT2D eigenvalue weighted by Crippen LogP contribution is -2.12. The fourth-order valence-electron chi connectivity index (χ4n) is 4.08. The van der Waals surface area contributed by atoms with Crippen molar-refractivity contribution in [1.82, 2.24) is 4.98 Å². The van der Waals surface area contributed by atoms with Gasteiger partial charge in [-0.3, -0.25) is 4.79 Å². The second-order valence-electron chi connectivity index (χ2n) is 8.74. The molecule has 1 aromatic carbocycles. The summed E-state index contributed by atoms with van der Waals surface area (Å²) >= 11 is 0. The molecule has 2 aromatic rings. The van der Waals surface area contributed by atoms with Crippen molar-refractivity contribution in [2.75, 3.05) is 0 Å². The minimum absolute atomic E-state index is 0.0975. The molecular formula is C27H41NO3. The molecule has 4 heteroatoms. The summed E-state index contributed by atoms with van der Waals surface area (Å²) in [5, 5.41) is 21.4.